The number of ether oxygens (including phenoxy) is 1. The summed E-state index contributed by atoms with van der Waals surface area (Å²) >= 11 is 0. The molecule has 6 heteroatoms. The highest BCUT2D eigenvalue weighted by Crippen LogP contribution is 2.31. The van der Waals surface area contributed by atoms with Gasteiger partial charge in [0.25, 0.3) is 0 Å². The third kappa shape index (κ3) is 2.52. The molecule has 0 saturated heterocycles. The van der Waals surface area contributed by atoms with Crippen LogP contribution in [0.15, 0.2) is 17.8 Å². The molecule has 0 spiro atoms. The van der Waals surface area contributed by atoms with Crippen molar-refractivity contribution in [3.8, 4) is 0 Å². The summed E-state index contributed by atoms with van der Waals surface area (Å²) in [5.74, 6) is 0.0640. The van der Waals surface area contributed by atoms with E-state index in [1.807, 2.05) is 11.8 Å². The van der Waals surface area contributed by atoms with Gasteiger partial charge in [-0.15, -0.1) is 5.10 Å². The van der Waals surface area contributed by atoms with Crippen molar-refractivity contribution in [2.75, 3.05) is 24.6 Å². The van der Waals surface area contributed by atoms with Gasteiger partial charge in [0.15, 0.2) is 5.82 Å². The van der Waals surface area contributed by atoms with E-state index in [9.17, 15) is 9.90 Å². The van der Waals surface area contributed by atoms with Crippen molar-refractivity contribution < 1.29 is 14.6 Å². The maximum atomic E-state index is 11.9. The van der Waals surface area contributed by atoms with E-state index in [1.54, 1.807) is 13.0 Å². The van der Waals surface area contributed by atoms with Crippen LogP contribution in [0.4, 0.5) is 5.82 Å². The maximum absolute atomic E-state index is 11.9. The largest absolute Gasteiger partial charge is 0.507 e. The Bertz CT molecular complexity index is 514. The van der Waals surface area contributed by atoms with Gasteiger partial charge in [-0.25, -0.2) is 4.79 Å². The Labute approximate surface area is 111 Å². The van der Waals surface area contributed by atoms with E-state index in [1.165, 1.54) is 6.20 Å². The lowest BCUT2D eigenvalue weighted by Gasteiger charge is -2.29. The fraction of sp³-hybridized carbons (Fsp3) is 0.462. The first-order valence-electron chi connectivity index (χ1n) is 6.35. The van der Waals surface area contributed by atoms with Crippen LogP contribution in [0.5, 0.6) is 0 Å². The third-order valence-electron chi connectivity index (χ3n) is 2.91. The molecule has 0 amide bonds. The van der Waals surface area contributed by atoms with Gasteiger partial charge in [-0.1, -0.05) is 6.92 Å². The molecule has 0 unspecified atom stereocenters. The van der Waals surface area contributed by atoms with Crippen LogP contribution in [0, 0.1) is 0 Å². The zero-order valence-electron chi connectivity index (χ0n) is 11.1. The number of fused-ring (bicyclic) bond motifs is 1. The number of carbonyl (C=O) groups excluding carboxylic acids is 1. The second-order valence-corrected chi connectivity index (χ2v) is 4.24. The average molecular weight is 263 g/mol. The SMILES string of the molecule is CCCN1CC(C(=O)OCC)=C(O)c2ccnnc21. The van der Waals surface area contributed by atoms with Crippen LogP contribution in [0.1, 0.15) is 25.8 Å². The van der Waals surface area contributed by atoms with Crippen molar-refractivity contribution in [1.29, 1.82) is 0 Å². The molecule has 0 fully saturated rings. The summed E-state index contributed by atoms with van der Waals surface area (Å²) in [5.41, 5.74) is 0.800. The van der Waals surface area contributed by atoms with Crippen LogP contribution >= 0.6 is 0 Å². The van der Waals surface area contributed by atoms with Gasteiger partial charge in [-0.05, 0) is 19.4 Å². The van der Waals surface area contributed by atoms with E-state index in [-0.39, 0.29) is 17.9 Å². The lowest BCUT2D eigenvalue weighted by Crippen LogP contribution is -2.34. The van der Waals surface area contributed by atoms with Gasteiger partial charge >= 0.3 is 5.97 Å². The minimum atomic E-state index is -0.483. The average Bonchev–Trinajstić information content (AvgIpc) is 2.42. The van der Waals surface area contributed by atoms with Gasteiger partial charge in [-0.3, -0.25) is 0 Å². The highest BCUT2D eigenvalue weighted by atomic mass is 16.5. The molecule has 0 saturated carbocycles. The van der Waals surface area contributed by atoms with Gasteiger partial charge in [0.2, 0.25) is 0 Å². The molecule has 0 radical (unpaired) electrons. The normalized spacial score (nSPS) is 14.3. The summed E-state index contributed by atoms with van der Waals surface area (Å²) in [6, 6.07) is 1.65. The molecule has 6 nitrogen and oxygen atoms in total. The number of rotatable bonds is 4. The predicted octanol–water partition coefficient (Wildman–Crippen LogP) is 1.54. The Morgan fingerprint density at radius 1 is 1.53 bits per heavy atom. The number of hydrogen-bond acceptors (Lipinski definition) is 6. The number of esters is 1. The zero-order valence-corrected chi connectivity index (χ0v) is 11.1. The van der Waals surface area contributed by atoms with Crippen molar-refractivity contribution >= 4 is 17.5 Å². The summed E-state index contributed by atoms with van der Waals surface area (Å²) in [6.07, 6.45) is 2.40. The number of nitrogens with zero attached hydrogens (tertiary/aromatic N) is 3. The molecule has 1 aliphatic heterocycles. The molecular weight excluding hydrogens is 246 g/mol. The van der Waals surface area contributed by atoms with E-state index >= 15 is 0 Å². The highest BCUT2D eigenvalue weighted by Gasteiger charge is 2.29. The van der Waals surface area contributed by atoms with Crippen LogP contribution < -0.4 is 4.90 Å². The molecular formula is C13H17N3O3. The molecule has 19 heavy (non-hydrogen) atoms. The molecule has 1 N–H and O–H groups in total. The van der Waals surface area contributed by atoms with Crippen molar-refractivity contribution in [3.63, 3.8) is 0 Å². The van der Waals surface area contributed by atoms with Gasteiger partial charge in [0, 0.05) is 6.54 Å². The molecule has 1 aliphatic rings. The molecule has 2 rings (SSSR count). The van der Waals surface area contributed by atoms with Gasteiger partial charge in [0.1, 0.15) is 5.76 Å². The van der Waals surface area contributed by atoms with Crippen molar-refractivity contribution in [2.24, 2.45) is 0 Å². The Balaban J connectivity index is 2.43. The zero-order chi connectivity index (χ0) is 13.8. The summed E-state index contributed by atoms with van der Waals surface area (Å²) in [4.78, 5) is 13.8. The van der Waals surface area contributed by atoms with Crippen LogP contribution in [-0.4, -0.2) is 41.0 Å². The lowest BCUT2D eigenvalue weighted by molar-refractivity contribution is -0.138. The molecule has 0 bridgehead atoms. The summed E-state index contributed by atoms with van der Waals surface area (Å²) in [7, 11) is 0. The number of carbonyl (C=O) groups is 1. The minimum absolute atomic E-state index is 0.0595. The van der Waals surface area contributed by atoms with Gasteiger partial charge in [0.05, 0.1) is 30.5 Å². The topological polar surface area (TPSA) is 75.6 Å². The number of aromatic nitrogens is 2. The highest BCUT2D eigenvalue weighted by molar-refractivity contribution is 5.99. The van der Waals surface area contributed by atoms with E-state index < -0.39 is 5.97 Å². The van der Waals surface area contributed by atoms with Crippen molar-refractivity contribution in [3.05, 3.63) is 23.4 Å². The Hall–Kier alpha value is -2.11. The van der Waals surface area contributed by atoms with E-state index in [4.69, 9.17) is 4.74 Å². The molecule has 2 heterocycles. The van der Waals surface area contributed by atoms with Gasteiger partial charge in [-0.2, -0.15) is 5.10 Å². The van der Waals surface area contributed by atoms with Crippen LogP contribution in [0.25, 0.3) is 5.76 Å². The maximum Gasteiger partial charge on any atom is 0.339 e. The van der Waals surface area contributed by atoms with E-state index in [0.29, 0.717) is 17.9 Å². The Morgan fingerprint density at radius 3 is 3.00 bits per heavy atom. The van der Waals surface area contributed by atoms with E-state index in [0.717, 1.165) is 13.0 Å². The quantitative estimate of drug-likeness (QED) is 0.830. The molecule has 0 aromatic carbocycles. The minimum Gasteiger partial charge on any atom is -0.507 e. The van der Waals surface area contributed by atoms with Gasteiger partial charge < -0.3 is 14.7 Å². The summed E-state index contributed by atoms with van der Waals surface area (Å²) < 4.78 is 4.97. The monoisotopic (exact) mass is 263 g/mol. The first kappa shape index (κ1) is 13.3. The van der Waals surface area contributed by atoms with E-state index in [2.05, 4.69) is 10.2 Å². The second kappa shape index (κ2) is 5.69. The Morgan fingerprint density at radius 2 is 2.32 bits per heavy atom. The number of aliphatic hydroxyl groups is 1. The van der Waals surface area contributed by atoms with Crippen LogP contribution in [-0.2, 0) is 9.53 Å². The molecule has 1 aromatic rings. The first-order chi connectivity index (χ1) is 9.19. The third-order valence-corrected chi connectivity index (χ3v) is 2.91. The smallest absolute Gasteiger partial charge is 0.339 e. The number of hydrogen-bond donors (Lipinski definition) is 1. The molecule has 1 aromatic heterocycles. The molecule has 0 atom stereocenters. The van der Waals surface area contributed by atoms with Crippen molar-refractivity contribution in [2.45, 2.75) is 20.3 Å². The van der Waals surface area contributed by atoms with Crippen LogP contribution in [0.2, 0.25) is 0 Å². The Kier molecular flexibility index (Phi) is 3.99. The fourth-order valence-electron chi connectivity index (χ4n) is 2.08. The molecule has 102 valence electrons. The lowest BCUT2D eigenvalue weighted by atomic mass is 10.0. The fourth-order valence-corrected chi connectivity index (χ4v) is 2.08. The van der Waals surface area contributed by atoms with Crippen LogP contribution in [0.3, 0.4) is 0 Å². The predicted molar refractivity (Wildman–Crippen MR) is 70.7 cm³/mol. The second-order valence-electron chi connectivity index (χ2n) is 4.24. The number of aliphatic hydroxyl groups excluding tert-OH is 1. The first-order valence-corrected chi connectivity index (χ1v) is 6.35. The molecule has 0 aliphatic carbocycles. The summed E-state index contributed by atoms with van der Waals surface area (Å²) in [5, 5.41) is 18.1. The number of anilines is 1. The van der Waals surface area contributed by atoms with Crippen molar-refractivity contribution in [1.82, 2.24) is 10.2 Å². The summed E-state index contributed by atoms with van der Waals surface area (Å²) in [6.45, 7) is 5.09. The standard InChI is InChI=1S/C13H17N3O3/c1-3-7-16-8-10(13(18)19-4-2)11(17)9-5-6-14-15-12(9)16/h5-6,17H,3-4,7-8H2,1-2H3.